The summed E-state index contributed by atoms with van der Waals surface area (Å²) in [5.74, 6) is 2.46. The van der Waals surface area contributed by atoms with Crippen molar-refractivity contribution in [2.45, 2.75) is 95.2 Å². The zero-order valence-corrected chi connectivity index (χ0v) is 28.6. The molecule has 0 aromatic heterocycles. The van der Waals surface area contributed by atoms with E-state index >= 15 is 0 Å². The van der Waals surface area contributed by atoms with Gasteiger partial charge in [-0.1, -0.05) is 67.6 Å². The number of nitrogens with one attached hydrogen (secondary N) is 2. The number of urea groups is 1. The minimum atomic E-state index is -0.561. The van der Waals surface area contributed by atoms with Crippen molar-refractivity contribution < 1.29 is 24.5 Å². The molecular weight excluding hydrogens is 614 g/mol. The Morgan fingerprint density at radius 1 is 0.878 bits per heavy atom. The molecule has 0 unspecified atom stereocenters. The number of hydrogen-bond acceptors (Lipinski definition) is 6. The summed E-state index contributed by atoms with van der Waals surface area (Å²) < 4.78 is 13.5. The highest BCUT2D eigenvalue weighted by Crippen LogP contribution is 2.55. The number of ether oxygens (including phenoxy) is 2. The molecular formula is C41H51N3O5. The molecule has 4 N–H and O–H groups in total. The average molecular weight is 666 g/mol. The molecule has 3 aromatic rings. The number of amides is 2. The van der Waals surface area contributed by atoms with Crippen LogP contribution in [0.5, 0.6) is 0 Å². The summed E-state index contributed by atoms with van der Waals surface area (Å²) in [6.07, 6.45) is 7.17. The number of aliphatic hydroxyl groups is 2. The fourth-order valence-corrected chi connectivity index (χ4v) is 10.0. The molecule has 5 atom stereocenters. The molecule has 2 amide bonds. The van der Waals surface area contributed by atoms with Crippen LogP contribution >= 0.6 is 0 Å². The maximum atomic E-state index is 13.1. The minimum Gasteiger partial charge on any atom is -0.392 e. The first-order chi connectivity index (χ1) is 23.8. The Morgan fingerprint density at radius 2 is 1.57 bits per heavy atom. The highest BCUT2D eigenvalue weighted by atomic mass is 16.7. The van der Waals surface area contributed by atoms with Crippen LogP contribution in [0.2, 0.25) is 0 Å². The third kappa shape index (κ3) is 7.17. The van der Waals surface area contributed by atoms with E-state index < -0.39 is 6.29 Å². The molecule has 4 bridgehead atoms. The Bertz CT molecular complexity index is 1590. The van der Waals surface area contributed by atoms with Gasteiger partial charge in [-0.3, -0.25) is 4.90 Å². The highest BCUT2D eigenvalue weighted by Gasteiger charge is 2.51. The topological polar surface area (TPSA) is 103 Å². The Hall–Kier alpha value is -3.27. The van der Waals surface area contributed by atoms with Gasteiger partial charge in [-0.15, -0.1) is 0 Å². The summed E-state index contributed by atoms with van der Waals surface area (Å²) in [5.41, 5.74) is 6.08. The fraction of sp³-hybridized carbons (Fsp3) is 0.537. The maximum Gasteiger partial charge on any atom is 0.315 e. The molecule has 2 saturated heterocycles. The maximum absolute atomic E-state index is 13.1. The first-order valence-electron chi connectivity index (χ1n) is 18.5. The molecule has 2 aliphatic heterocycles. The van der Waals surface area contributed by atoms with Crippen molar-refractivity contribution in [1.82, 2.24) is 15.5 Å². The van der Waals surface area contributed by atoms with E-state index in [1.54, 1.807) is 0 Å². The van der Waals surface area contributed by atoms with Gasteiger partial charge in [-0.2, -0.15) is 0 Å². The Balaban J connectivity index is 0.964. The number of carbonyl (C=O) groups is 1. The van der Waals surface area contributed by atoms with E-state index in [0.29, 0.717) is 13.1 Å². The lowest BCUT2D eigenvalue weighted by Crippen LogP contribution is -2.61. The summed E-state index contributed by atoms with van der Waals surface area (Å²) in [4.78, 5) is 15.4. The number of benzene rings is 3. The van der Waals surface area contributed by atoms with Gasteiger partial charge in [0.05, 0.1) is 24.9 Å². The second kappa shape index (κ2) is 13.8. The number of β-amino-alcohol motifs (C(OH)–C–C–N with tert-alkyl or cyclic N) is 1. The quantitative estimate of drug-likeness (QED) is 0.209. The standard InChI is InChI=1S/C41H51N3O5/c1-26-37(24-44-13-12-36(46)23-44)48-39(49-38(26)32-10-8-27(25-45)9-11-32)35-7-3-6-34(18-35)33-5-2-4-28(17-33)22-42-40(47)43-41-19-29-14-30(20-41)16-31(15-29)21-41/h2-11,17-18,26,29-31,36-39,45-46H,12-16,19-25H2,1H3,(H2,42,43,47)/t26-,29?,30?,31?,36+,37+,38+,39+,41?/m1/s1. The number of carbonyl (C=O) groups excluding carboxylic acids is 1. The van der Waals surface area contributed by atoms with Crippen LogP contribution in [0.4, 0.5) is 4.79 Å². The fourth-order valence-electron chi connectivity index (χ4n) is 10.0. The van der Waals surface area contributed by atoms with Crippen molar-refractivity contribution in [2.75, 3.05) is 19.6 Å². The molecule has 0 spiro atoms. The number of rotatable bonds is 9. The van der Waals surface area contributed by atoms with Crippen molar-refractivity contribution in [3.63, 3.8) is 0 Å². The van der Waals surface area contributed by atoms with Crippen molar-refractivity contribution in [1.29, 1.82) is 0 Å². The first kappa shape index (κ1) is 32.9. The van der Waals surface area contributed by atoms with Crippen LogP contribution in [0.15, 0.2) is 72.8 Å². The van der Waals surface area contributed by atoms with E-state index in [1.165, 1.54) is 19.3 Å². The van der Waals surface area contributed by atoms with Crippen LogP contribution in [-0.4, -0.2) is 58.5 Å². The average Bonchev–Trinajstić information content (AvgIpc) is 3.51. The second-order valence-electron chi connectivity index (χ2n) is 15.9. The number of nitrogens with zero attached hydrogens (tertiary/aromatic N) is 1. The number of likely N-dealkylation sites (tertiary alicyclic amines) is 1. The van der Waals surface area contributed by atoms with Crippen LogP contribution in [0.25, 0.3) is 11.1 Å². The molecule has 8 heteroatoms. The summed E-state index contributed by atoms with van der Waals surface area (Å²) in [7, 11) is 0. The largest absolute Gasteiger partial charge is 0.392 e. The summed E-state index contributed by atoms with van der Waals surface area (Å²) >= 11 is 0. The SMILES string of the molecule is C[C@@H]1[C@H](CN2CC[C@H](O)C2)O[C@H](c2cccc(-c3cccc(CNC(=O)NC45CC6CC(CC(C6)C4)C5)c3)c2)O[C@@H]1c1ccc(CO)cc1. The molecule has 0 radical (unpaired) electrons. The van der Waals surface area contributed by atoms with Crippen molar-refractivity contribution in [3.8, 4) is 11.1 Å². The van der Waals surface area contributed by atoms with Crippen molar-refractivity contribution >= 4 is 6.03 Å². The Morgan fingerprint density at radius 3 is 2.24 bits per heavy atom. The first-order valence-corrected chi connectivity index (χ1v) is 18.5. The predicted molar refractivity (Wildman–Crippen MR) is 188 cm³/mol. The lowest BCUT2D eigenvalue weighted by Gasteiger charge is -2.56. The molecule has 8 nitrogen and oxygen atoms in total. The van der Waals surface area contributed by atoms with Crippen LogP contribution in [0.1, 0.15) is 86.5 Å². The van der Waals surface area contributed by atoms with E-state index in [-0.39, 0.29) is 42.4 Å². The van der Waals surface area contributed by atoms with E-state index in [9.17, 15) is 15.0 Å². The van der Waals surface area contributed by atoms with Gasteiger partial charge in [0, 0.05) is 43.2 Å². The molecule has 49 heavy (non-hydrogen) atoms. The smallest absolute Gasteiger partial charge is 0.315 e. The van der Waals surface area contributed by atoms with Crippen molar-refractivity contribution in [3.05, 3.63) is 95.1 Å². The summed E-state index contributed by atoms with van der Waals surface area (Å²) in [6, 6.07) is 24.7. The lowest BCUT2D eigenvalue weighted by atomic mass is 9.53. The molecule has 3 aromatic carbocycles. The van der Waals surface area contributed by atoms with Gasteiger partial charge in [0.2, 0.25) is 0 Å². The van der Waals surface area contributed by atoms with Gasteiger partial charge in [-0.25, -0.2) is 4.79 Å². The zero-order valence-electron chi connectivity index (χ0n) is 28.6. The summed E-state index contributed by atoms with van der Waals surface area (Å²) in [5, 5.41) is 26.4. The normalized spacial score (nSPS) is 33.9. The summed E-state index contributed by atoms with van der Waals surface area (Å²) in [6.45, 7) is 4.92. The molecule has 6 fully saturated rings. The minimum absolute atomic E-state index is 0.00119. The number of aliphatic hydroxyl groups excluding tert-OH is 2. The molecule has 4 aliphatic carbocycles. The molecule has 260 valence electrons. The number of hydrogen-bond donors (Lipinski definition) is 4. The van der Waals surface area contributed by atoms with E-state index in [2.05, 4.69) is 71.0 Å². The van der Waals surface area contributed by atoms with Crippen LogP contribution < -0.4 is 10.6 Å². The molecule has 4 saturated carbocycles. The van der Waals surface area contributed by atoms with Gasteiger partial charge in [0.25, 0.3) is 0 Å². The van der Waals surface area contributed by atoms with Crippen LogP contribution in [0.3, 0.4) is 0 Å². The molecule has 2 heterocycles. The highest BCUT2D eigenvalue weighted by molar-refractivity contribution is 5.75. The van der Waals surface area contributed by atoms with Crippen LogP contribution in [-0.2, 0) is 22.6 Å². The lowest BCUT2D eigenvalue weighted by molar-refractivity contribution is -0.276. The molecule has 9 rings (SSSR count). The van der Waals surface area contributed by atoms with Gasteiger partial charge < -0.3 is 30.3 Å². The third-order valence-corrected chi connectivity index (χ3v) is 12.1. The van der Waals surface area contributed by atoms with Gasteiger partial charge >= 0.3 is 6.03 Å². The van der Waals surface area contributed by atoms with Gasteiger partial charge in [0.15, 0.2) is 6.29 Å². The predicted octanol–water partition coefficient (Wildman–Crippen LogP) is 6.47. The zero-order chi connectivity index (χ0) is 33.5. The Labute approximate surface area is 290 Å². The van der Waals surface area contributed by atoms with E-state index in [4.69, 9.17) is 9.47 Å². The van der Waals surface area contributed by atoms with Gasteiger partial charge in [0.1, 0.15) is 0 Å². The van der Waals surface area contributed by atoms with Crippen molar-refractivity contribution in [2.24, 2.45) is 23.7 Å². The van der Waals surface area contributed by atoms with Gasteiger partial charge in [-0.05, 0) is 103 Å². The second-order valence-corrected chi connectivity index (χ2v) is 15.9. The van der Waals surface area contributed by atoms with E-state index in [0.717, 1.165) is 89.9 Å². The monoisotopic (exact) mass is 665 g/mol. The van der Waals surface area contributed by atoms with E-state index in [1.807, 2.05) is 24.3 Å². The Kier molecular flexibility index (Phi) is 9.27. The van der Waals surface area contributed by atoms with Crippen LogP contribution in [0, 0.1) is 23.7 Å². The third-order valence-electron chi connectivity index (χ3n) is 12.1. The molecule has 6 aliphatic rings.